The average molecular weight is 563 g/mol. The van der Waals surface area contributed by atoms with E-state index in [0.29, 0.717) is 47.4 Å². The van der Waals surface area contributed by atoms with E-state index in [9.17, 15) is 18.0 Å². The van der Waals surface area contributed by atoms with Gasteiger partial charge in [0.05, 0.1) is 28.3 Å². The van der Waals surface area contributed by atoms with Crippen LogP contribution in [0.5, 0.6) is 11.5 Å². The number of para-hydroxylation sites is 1. The van der Waals surface area contributed by atoms with Crippen LogP contribution in [-0.2, 0) is 25.8 Å². The number of likely N-dealkylation sites (N-methyl/N-ethyl adjacent to an activating group) is 1. The van der Waals surface area contributed by atoms with Gasteiger partial charge in [0, 0.05) is 18.0 Å². The summed E-state index contributed by atoms with van der Waals surface area (Å²) < 4.78 is 40.4. The van der Waals surface area contributed by atoms with Crippen molar-refractivity contribution in [3.05, 3.63) is 64.8 Å². The summed E-state index contributed by atoms with van der Waals surface area (Å²) in [5.41, 5.74) is 4.62. The average Bonchev–Trinajstić information content (AvgIpc) is 3.56. The summed E-state index contributed by atoms with van der Waals surface area (Å²) in [6.45, 7) is 1.90. The molecule has 0 bridgehead atoms. The van der Waals surface area contributed by atoms with Crippen LogP contribution in [0.4, 0.5) is 0 Å². The number of hydrogen-bond acceptors (Lipinski definition) is 8. The van der Waals surface area contributed by atoms with Crippen molar-refractivity contribution in [3.8, 4) is 11.5 Å². The predicted octanol–water partition coefficient (Wildman–Crippen LogP) is 4.03. The van der Waals surface area contributed by atoms with Crippen molar-refractivity contribution in [1.82, 2.24) is 9.88 Å². The van der Waals surface area contributed by atoms with Gasteiger partial charge in [0.2, 0.25) is 6.79 Å². The van der Waals surface area contributed by atoms with Gasteiger partial charge in [0.15, 0.2) is 27.9 Å². The zero-order chi connectivity index (χ0) is 27.9. The summed E-state index contributed by atoms with van der Waals surface area (Å²) >= 11 is 0. The lowest BCUT2D eigenvalue weighted by molar-refractivity contribution is -0.136. The molecule has 10 heteroatoms. The van der Waals surface area contributed by atoms with Crippen molar-refractivity contribution < 1.29 is 32.2 Å². The molecule has 208 valence electrons. The minimum absolute atomic E-state index is 0.0541. The quantitative estimate of drug-likeness (QED) is 0.414. The molecule has 1 aliphatic carbocycles. The topological polar surface area (TPSA) is 112 Å². The van der Waals surface area contributed by atoms with Crippen molar-refractivity contribution in [2.24, 2.45) is 0 Å². The molecule has 1 saturated heterocycles. The molecule has 2 aromatic carbocycles. The number of aromatic nitrogens is 1. The van der Waals surface area contributed by atoms with Gasteiger partial charge in [-0.05, 0) is 73.6 Å². The van der Waals surface area contributed by atoms with E-state index in [4.69, 9.17) is 19.2 Å². The summed E-state index contributed by atoms with van der Waals surface area (Å²) in [7, 11) is -3.15. The van der Waals surface area contributed by atoms with E-state index in [0.717, 1.165) is 35.2 Å². The molecule has 1 atom stereocenters. The summed E-state index contributed by atoms with van der Waals surface area (Å²) in [6, 6.07) is 12.8. The van der Waals surface area contributed by atoms with Crippen molar-refractivity contribution in [3.63, 3.8) is 0 Å². The number of carbonyl (C=O) groups is 2. The molecule has 2 aliphatic heterocycles. The maximum absolute atomic E-state index is 13.6. The fraction of sp³-hybridized carbons (Fsp3) is 0.367. The second kappa shape index (κ2) is 10.6. The number of ether oxygens (including phenoxy) is 3. The summed E-state index contributed by atoms with van der Waals surface area (Å²) in [5.74, 6) is 0.449. The first-order valence-electron chi connectivity index (χ1n) is 13.5. The van der Waals surface area contributed by atoms with Gasteiger partial charge in [-0.15, -0.1) is 0 Å². The van der Waals surface area contributed by atoms with Crippen LogP contribution in [0.2, 0.25) is 0 Å². The molecule has 9 nitrogen and oxygen atoms in total. The smallest absolute Gasteiger partial charge is 0.339 e. The van der Waals surface area contributed by atoms with E-state index in [2.05, 4.69) is 6.08 Å². The fourth-order valence-electron chi connectivity index (χ4n) is 5.85. The SMILES string of the molecule is CCN(C(=O)COC(=O)c1c2c(nc3ccccc13)/C(=C/c1ccc3c(c1)OCO3)CCC2)[C@@H]1CCS(=O)(=O)C1. The van der Waals surface area contributed by atoms with Crippen molar-refractivity contribution in [2.45, 2.75) is 38.6 Å². The number of hydrogen-bond donors (Lipinski definition) is 0. The van der Waals surface area contributed by atoms with Gasteiger partial charge >= 0.3 is 5.97 Å². The molecule has 0 spiro atoms. The van der Waals surface area contributed by atoms with E-state index < -0.39 is 28.3 Å². The Hall–Kier alpha value is -3.92. The Morgan fingerprint density at radius 1 is 1.12 bits per heavy atom. The standard InChI is InChI=1S/C30H30N2O7S/c1-2-32(21-12-13-40(35,36)17-21)27(33)16-37-30(34)28-22-7-3-4-9-24(22)31-29-20(6-5-8-23(28)29)14-19-10-11-25-26(15-19)39-18-38-25/h3-4,7,9-11,14-15,21H,2,5-6,8,12-13,16-18H2,1H3/b20-14+/t21-/m1/s1. The van der Waals surface area contributed by atoms with E-state index in [1.54, 1.807) is 6.92 Å². The molecule has 40 heavy (non-hydrogen) atoms. The highest BCUT2D eigenvalue weighted by Crippen LogP contribution is 2.38. The highest BCUT2D eigenvalue weighted by atomic mass is 32.2. The first kappa shape index (κ1) is 26.3. The lowest BCUT2D eigenvalue weighted by Gasteiger charge is -2.27. The number of amides is 1. The van der Waals surface area contributed by atoms with Crippen LogP contribution in [0, 0.1) is 0 Å². The Bertz CT molecular complexity index is 1650. The lowest BCUT2D eigenvalue weighted by atomic mass is 9.86. The van der Waals surface area contributed by atoms with E-state index >= 15 is 0 Å². The predicted molar refractivity (Wildman–Crippen MR) is 150 cm³/mol. The van der Waals surface area contributed by atoms with Crippen molar-refractivity contribution in [2.75, 3.05) is 31.5 Å². The zero-order valence-corrected chi connectivity index (χ0v) is 23.0. The van der Waals surface area contributed by atoms with E-state index in [1.807, 2.05) is 42.5 Å². The van der Waals surface area contributed by atoms with Gasteiger partial charge in [-0.1, -0.05) is 24.3 Å². The number of carbonyl (C=O) groups excluding carboxylic acids is 2. The summed E-state index contributed by atoms with van der Waals surface area (Å²) in [5, 5.41) is 0.678. The summed E-state index contributed by atoms with van der Waals surface area (Å²) in [4.78, 5) is 33.1. The van der Waals surface area contributed by atoms with Gasteiger partial charge < -0.3 is 19.1 Å². The van der Waals surface area contributed by atoms with Crippen LogP contribution in [0.15, 0.2) is 42.5 Å². The Morgan fingerprint density at radius 2 is 1.95 bits per heavy atom. The molecule has 0 saturated carbocycles. The number of esters is 1. The van der Waals surface area contributed by atoms with Gasteiger partial charge in [0.25, 0.3) is 5.91 Å². The fourth-order valence-corrected chi connectivity index (χ4v) is 7.58. The van der Waals surface area contributed by atoms with Crippen LogP contribution in [0.1, 0.15) is 53.4 Å². The molecule has 0 N–H and O–H groups in total. The number of allylic oxidation sites excluding steroid dienone is 1. The normalized spacial score (nSPS) is 19.9. The molecule has 3 aromatic rings. The first-order chi connectivity index (χ1) is 19.3. The number of pyridine rings is 1. The lowest BCUT2D eigenvalue weighted by Crippen LogP contribution is -2.43. The molecule has 1 aromatic heterocycles. The highest BCUT2D eigenvalue weighted by Gasteiger charge is 2.34. The van der Waals surface area contributed by atoms with Gasteiger partial charge in [-0.3, -0.25) is 4.79 Å². The summed E-state index contributed by atoms with van der Waals surface area (Å²) in [6.07, 6.45) is 4.76. The van der Waals surface area contributed by atoms with Crippen LogP contribution in [0.25, 0.3) is 22.6 Å². The number of nitrogens with zero attached hydrogens (tertiary/aromatic N) is 2. The Kier molecular flexibility index (Phi) is 6.95. The maximum atomic E-state index is 13.6. The molecule has 0 unspecified atom stereocenters. The van der Waals surface area contributed by atoms with Gasteiger partial charge in [-0.25, -0.2) is 18.2 Å². The molecule has 3 heterocycles. The third kappa shape index (κ3) is 5.03. The number of sulfone groups is 1. The molecule has 0 radical (unpaired) electrons. The van der Waals surface area contributed by atoms with Crippen molar-refractivity contribution >= 4 is 44.3 Å². The van der Waals surface area contributed by atoms with Crippen LogP contribution in [-0.4, -0.2) is 67.7 Å². The second-order valence-electron chi connectivity index (χ2n) is 10.3. The van der Waals surface area contributed by atoms with Gasteiger partial charge in [-0.2, -0.15) is 0 Å². The third-order valence-electron chi connectivity index (χ3n) is 7.75. The maximum Gasteiger partial charge on any atom is 0.339 e. The molecular formula is C30H30N2O7S. The minimum atomic E-state index is -3.15. The Labute approximate surface area is 232 Å². The molecule has 1 fully saturated rings. The molecule has 1 amide bonds. The molecule has 6 rings (SSSR count). The largest absolute Gasteiger partial charge is 0.454 e. The first-order valence-corrected chi connectivity index (χ1v) is 15.3. The van der Waals surface area contributed by atoms with Crippen LogP contribution < -0.4 is 9.47 Å². The molecular weight excluding hydrogens is 532 g/mol. The Balaban J connectivity index is 1.30. The van der Waals surface area contributed by atoms with Crippen LogP contribution in [0.3, 0.4) is 0 Å². The number of benzene rings is 2. The number of rotatable bonds is 6. The van der Waals surface area contributed by atoms with E-state index in [1.165, 1.54) is 4.90 Å². The highest BCUT2D eigenvalue weighted by molar-refractivity contribution is 7.91. The minimum Gasteiger partial charge on any atom is -0.454 e. The Morgan fingerprint density at radius 3 is 2.75 bits per heavy atom. The number of fused-ring (bicyclic) bond motifs is 3. The van der Waals surface area contributed by atoms with Crippen molar-refractivity contribution in [1.29, 1.82) is 0 Å². The third-order valence-corrected chi connectivity index (χ3v) is 9.50. The molecule has 3 aliphatic rings. The zero-order valence-electron chi connectivity index (χ0n) is 22.2. The van der Waals surface area contributed by atoms with E-state index in [-0.39, 0.29) is 24.3 Å². The monoisotopic (exact) mass is 562 g/mol. The van der Waals surface area contributed by atoms with Gasteiger partial charge in [0.1, 0.15) is 0 Å². The second-order valence-corrected chi connectivity index (χ2v) is 12.5. The van der Waals surface area contributed by atoms with Crippen LogP contribution >= 0.6 is 0 Å².